The van der Waals surface area contributed by atoms with Crippen LogP contribution >= 0.6 is 22.6 Å². The summed E-state index contributed by atoms with van der Waals surface area (Å²) in [6.45, 7) is 0. The first-order chi connectivity index (χ1) is 9.22. The molecule has 19 heavy (non-hydrogen) atoms. The quantitative estimate of drug-likeness (QED) is 0.628. The van der Waals surface area contributed by atoms with E-state index in [9.17, 15) is 0 Å². The van der Waals surface area contributed by atoms with Gasteiger partial charge in [0.15, 0.2) is 0 Å². The van der Waals surface area contributed by atoms with Crippen LogP contribution in [0.4, 0.5) is 11.4 Å². The predicted molar refractivity (Wildman–Crippen MR) is 89.4 cm³/mol. The van der Waals surface area contributed by atoms with Crippen molar-refractivity contribution in [2.75, 3.05) is 11.1 Å². The van der Waals surface area contributed by atoms with Crippen LogP contribution < -0.4 is 11.1 Å². The molecule has 3 heteroatoms. The normalized spacial score (nSPS) is 17.8. The summed E-state index contributed by atoms with van der Waals surface area (Å²) < 4.78 is 1.18. The van der Waals surface area contributed by atoms with E-state index in [-0.39, 0.29) is 0 Å². The lowest BCUT2D eigenvalue weighted by molar-refractivity contribution is 0.611. The third-order valence-corrected chi connectivity index (χ3v) is 4.39. The summed E-state index contributed by atoms with van der Waals surface area (Å²) in [6, 6.07) is 15.4. The molecule has 1 atom stereocenters. The van der Waals surface area contributed by atoms with Crippen molar-refractivity contribution in [1.29, 1.82) is 0 Å². The summed E-state index contributed by atoms with van der Waals surface area (Å²) in [7, 11) is 0. The predicted octanol–water partition coefficient (Wildman–Crippen LogP) is 3.84. The van der Waals surface area contributed by atoms with Gasteiger partial charge in [0.1, 0.15) is 0 Å². The molecule has 0 aliphatic heterocycles. The fraction of sp³-hybridized carbons (Fsp3) is 0.250. The van der Waals surface area contributed by atoms with E-state index in [0.717, 1.165) is 24.2 Å². The molecule has 0 spiro atoms. The first-order valence-corrected chi connectivity index (χ1v) is 7.68. The van der Waals surface area contributed by atoms with Gasteiger partial charge in [-0.3, -0.25) is 0 Å². The monoisotopic (exact) mass is 364 g/mol. The number of rotatable bonds is 2. The standard InChI is InChI=1S/C16H17IN2/c17-13-6-8-16(15(18)10-13)19-14-7-5-11-3-1-2-4-12(11)9-14/h1-4,6,8,10,14,19H,5,7,9,18H2. The number of nitrogens with one attached hydrogen (secondary N) is 1. The summed E-state index contributed by atoms with van der Waals surface area (Å²) in [6.07, 6.45) is 3.40. The molecule has 0 saturated carbocycles. The van der Waals surface area contributed by atoms with E-state index in [1.807, 2.05) is 6.07 Å². The number of benzene rings is 2. The molecule has 0 aromatic heterocycles. The topological polar surface area (TPSA) is 38.0 Å². The van der Waals surface area contributed by atoms with Gasteiger partial charge in [-0.2, -0.15) is 0 Å². The Morgan fingerprint density at radius 3 is 2.68 bits per heavy atom. The van der Waals surface area contributed by atoms with Crippen molar-refractivity contribution in [2.45, 2.75) is 25.3 Å². The number of anilines is 2. The second-order valence-electron chi connectivity index (χ2n) is 5.08. The van der Waals surface area contributed by atoms with Crippen molar-refractivity contribution in [2.24, 2.45) is 0 Å². The van der Waals surface area contributed by atoms with Gasteiger partial charge in [-0.15, -0.1) is 0 Å². The second-order valence-corrected chi connectivity index (χ2v) is 6.33. The number of hydrogen-bond acceptors (Lipinski definition) is 2. The fourth-order valence-corrected chi connectivity index (χ4v) is 3.22. The highest BCUT2D eigenvalue weighted by Gasteiger charge is 2.18. The molecule has 1 aliphatic carbocycles. The van der Waals surface area contributed by atoms with Crippen LogP contribution in [-0.2, 0) is 12.8 Å². The Morgan fingerprint density at radius 1 is 1.11 bits per heavy atom. The molecule has 3 rings (SSSR count). The summed E-state index contributed by atoms with van der Waals surface area (Å²) >= 11 is 2.29. The first-order valence-electron chi connectivity index (χ1n) is 6.61. The molecule has 2 aromatic rings. The zero-order valence-electron chi connectivity index (χ0n) is 10.7. The number of nitrogen functional groups attached to an aromatic ring is 1. The molecule has 0 heterocycles. The molecular formula is C16H17IN2. The van der Waals surface area contributed by atoms with Gasteiger partial charge in [-0.25, -0.2) is 0 Å². The molecular weight excluding hydrogens is 347 g/mol. The van der Waals surface area contributed by atoms with Crippen molar-refractivity contribution >= 4 is 34.0 Å². The average molecular weight is 364 g/mol. The Kier molecular flexibility index (Phi) is 3.64. The van der Waals surface area contributed by atoms with Gasteiger partial charge in [0.05, 0.1) is 11.4 Å². The summed E-state index contributed by atoms with van der Waals surface area (Å²) in [5.74, 6) is 0. The Hall–Kier alpha value is -1.23. The number of halogens is 1. The minimum atomic E-state index is 0.484. The number of nitrogens with two attached hydrogens (primary N) is 1. The zero-order valence-corrected chi connectivity index (χ0v) is 12.9. The van der Waals surface area contributed by atoms with Crippen LogP contribution in [0.3, 0.4) is 0 Å². The van der Waals surface area contributed by atoms with E-state index in [2.05, 4.69) is 64.3 Å². The molecule has 0 bridgehead atoms. The molecule has 2 nitrogen and oxygen atoms in total. The molecule has 0 fully saturated rings. The van der Waals surface area contributed by atoms with E-state index in [1.54, 1.807) is 0 Å². The van der Waals surface area contributed by atoms with Gasteiger partial charge in [0.25, 0.3) is 0 Å². The van der Waals surface area contributed by atoms with Crippen LogP contribution in [0, 0.1) is 3.57 Å². The Labute approximate surface area is 127 Å². The van der Waals surface area contributed by atoms with Crippen LogP contribution in [0.1, 0.15) is 17.5 Å². The van der Waals surface area contributed by atoms with Crippen molar-refractivity contribution in [3.8, 4) is 0 Å². The minimum absolute atomic E-state index is 0.484. The third kappa shape index (κ3) is 2.86. The van der Waals surface area contributed by atoms with Crippen molar-refractivity contribution < 1.29 is 0 Å². The largest absolute Gasteiger partial charge is 0.397 e. The number of aryl methyl sites for hydroxylation is 1. The van der Waals surface area contributed by atoms with Gasteiger partial charge < -0.3 is 11.1 Å². The fourth-order valence-electron chi connectivity index (χ4n) is 2.71. The summed E-state index contributed by atoms with van der Waals surface area (Å²) in [5, 5.41) is 3.59. The highest BCUT2D eigenvalue weighted by molar-refractivity contribution is 14.1. The lowest BCUT2D eigenvalue weighted by atomic mass is 9.88. The Morgan fingerprint density at radius 2 is 1.89 bits per heavy atom. The molecule has 3 N–H and O–H groups in total. The highest BCUT2D eigenvalue weighted by atomic mass is 127. The molecule has 0 radical (unpaired) electrons. The van der Waals surface area contributed by atoms with E-state index in [4.69, 9.17) is 5.73 Å². The molecule has 1 aliphatic rings. The number of fused-ring (bicyclic) bond motifs is 1. The molecule has 0 amide bonds. The second kappa shape index (κ2) is 5.41. The molecule has 0 saturated heterocycles. The molecule has 1 unspecified atom stereocenters. The van der Waals surface area contributed by atoms with Gasteiger partial charge in [0, 0.05) is 9.61 Å². The average Bonchev–Trinajstić information content (AvgIpc) is 2.42. The third-order valence-electron chi connectivity index (χ3n) is 3.72. The lowest BCUT2D eigenvalue weighted by Crippen LogP contribution is -2.27. The Bertz CT molecular complexity index is 595. The van der Waals surface area contributed by atoms with Crippen LogP contribution in [0.2, 0.25) is 0 Å². The Balaban J connectivity index is 1.75. The van der Waals surface area contributed by atoms with E-state index in [0.29, 0.717) is 6.04 Å². The van der Waals surface area contributed by atoms with Gasteiger partial charge >= 0.3 is 0 Å². The summed E-state index contributed by atoms with van der Waals surface area (Å²) in [4.78, 5) is 0. The molecule has 98 valence electrons. The van der Waals surface area contributed by atoms with Gasteiger partial charge in [-0.1, -0.05) is 24.3 Å². The zero-order chi connectivity index (χ0) is 13.2. The minimum Gasteiger partial charge on any atom is -0.397 e. The van der Waals surface area contributed by atoms with Crippen molar-refractivity contribution in [3.05, 3.63) is 57.2 Å². The van der Waals surface area contributed by atoms with Gasteiger partial charge in [0.2, 0.25) is 0 Å². The summed E-state index contributed by atoms with van der Waals surface area (Å²) in [5.41, 5.74) is 10.9. The maximum Gasteiger partial charge on any atom is 0.0576 e. The van der Waals surface area contributed by atoms with Crippen molar-refractivity contribution in [3.63, 3.8) is 0 Å². The molecule has 2 aromatic carbocycles. The van der Waals surface area contributed by atoms with E-state index < -0.39 is 0 Å². The van der Waals surface area contributed by atoms with Crippen LogP contribution in [0.25, 0.3) is 0 Å². The van der Waals surface area contributed by atoms with Crippen LogP contribution in [-0.4, -0.2) is 6.04 Å². The number of hydrogen-bond donors (Lipinski definition) is 2. The lowest BCUT2D eigenvalue weighted by Gasteiger charge is -2.27. The smallest absolute Gasteiger partial charge is 0.0576 e. The van der Waals surface area contributed by atoms with E-state index in [1.165, 1.54) is 21.1 Å². The van der Waals surface area contributed by atoms with Crippen molar-refractivity contribution in [1.82, 2.24) is 0 Å². The SMILES string of the molecule is Nc1cc(I)ccc1NC1CCc2ccccc2C1. The van der Waals surface area contributed by atoms with Gasteiger partial charge in [-0.05, 0) is 71.2 Å². The highest BCUT2D eigenvalue weighted by Crippen LogP contribution is 2.27. The first kappa shape index (κ1) is 12.8. The van der Waals surface area contributed by atoms with Crippen LogP contribution in [0.5, 0.6) is 0 Å². The van der Waals surface area contributed by atoms with Crippen LogP contribution in [0.15, 0.2) is 42.5 Å². The maximum absolute atomic E-state index is 6.07. The van der Waals surface area contributed by atoms with E-state index >= 15 is 0 Å². The maximum atomic E-state index is 6.07.